The van der Waals surface area contributed by atoms with Crippen molar-refractivity contribution in [1.82, 2.24) is 0 Å². The summed E-state index contributed by atoms with van der Waals surface area (Å²) in [5, 5.41) is 0. The van der Waals surface area contributed by atoms with Crippen molar-refractivity contribution in [1.29, 1.82) is 0 Å². The van der Waals surface area contributed by atoms with Crippen LogP contribution in [0.5, 0.6) is 0 Å². The Bertz CT molecular complexity index is 489. The molecule has 4 bridgehead atoms. The average Bonchev–Trinajstić information content (AvgIpc) is 2.51. The van der Waals surface area contributed by atoms with E-state index in [1.807, 2.05) is 0 Å². The summed E-state index contributed by atoms with van der Waals surface area (Å²) in [6.07, 6.45) is 5.34. The second-order valence-corrected chi connectivity index (χ2v) is 6.57. The maximum atomic E-state index is 13.7. The van der Waals surface area contributed by atoms with Crippen LogP contribution in [0.4, 0.5) is 8.63 Å². The molecule has 1 aliphatic heterocycles. The maximum absolute atomic E-state index is 13.7. The molecule has 0 N–H and O–H groups in total. The highest BCUT2D eigenvalue weighted by molar-refractivity contribution is 6.50. The van der Waals surface area contributed by atoms with E-state index in [-0.39, 0.29) is 17.8 Å². The van der Waals surface area contributed by atoms with Gasteiger partial charge in [0.2, 0.25) is 0 Å². The van der Waals surface area contributed by atoms with Gasteiger partial charge in [0.1, 0.15) is 5.57 Å². The smallest absolute Gasteiger partial charge is 0.602 e. The van der Waals surface area contributed by atoms with Crippen molar-refractivity contribution in [2.45, 2.75) is 39.0 Å². The van der Waals surface area contributed by atoms with Crippen LogP contribution >= 0.6 is 0 Å². The number of ether oxygens (including phenoxy) is 1. The quantitative estimate of drug-likeness (QED) is 0.420. The standard InChI is InChI=1S/C14H19BF2O3/c1-2-18-14-12-10-4-8-3-9(5-10)7-11(6-8)13(12)19-15(16,17)20-14/h8-11H,2-7H2,1H3/t8-,9+,10?,11?. The second-order valence-electron chi connectivity index (χ2n) is 6.57. The minimum Gasteiger partial charge on any atom is -0.602 e. The third-order valence-corrected chi connectivity index (χ3v) is 5.19. The van der Waals surface area contributed by atoms with Crippen molar-refractivity contribution in [3.05, 3.63) is 11.3 Å². The van der Waals surface area contributed by atoms with Gasteiger partial charge in [0.05, 0.1) is 5.76 Å². The van der Waals surface area contributed by atoms with Gasteiger partial charge in [0.25, 0.3) is 0 Å². The third kappa shape index (κ3) is 1.87. The van der Waals surface area contributed by atoms with Crippen LogP contribution in [0.3, 0.4) is 0 Å². The molecule has 4 atom stereocenters. The number of hydrogen-bond donors (Lipinski definition) is 0. The van der Waals surface area contributed by atoms with Gasteiger partial charge in [-0.15, -0.1) is 0 Å². The first-order chi connectivity index (χ1) is 9.55. The van der Waals surface area contributed by atoms with Gasteiger partial charge in [0, 0.05) is 11.8 Å². The molecule has 2 fully saturated rings. The van der Waals surface area contributed by atoms with E-state index in [9.17, 15) is 8.63 Å². The van der Waals surface area contributed by atoms with Crippen LogP contribution in [-0.4, -0.2) is 19.7 Å². The van der Waals surface area contributed by atoms with E-state index >= 15 is 0 Å². The molecule has 2 unspecified atom stereocenters. The van der Waals surface area contributed by atoms with Crippen LogP contribution in [0.15, 0.2) is 11.3 Å². The first-order valence-electron chi connectivity index (χ1n) is 7.68. The SMILES string of the molecule is CCOC1=[O+][B-](F)(F)OC2=C1C1C[C@H]3CC2C[C@@H](C1)C3. The van der Waals surface area contributed by atoms with E-state index in [2.05, 4.69) is 0 Å². The van der Waals surface area contributed by atoms with Gasteiger partial charge in [-0.25, -0.2) is 0 Å². The molecular formula is C14H19BF2O3. The van der Waals surface area contributed by atoms with E-state index in [4.69, 9.17) is 13.7 Å². The van der Waals surface area contributed by atoms with Crippen LogP contribution in [-0.2, 0) is 13.7 Å². The molecule has 1 heterocycles. The van der Waals surface area contributed by atoms with E-state index in [0.29, 0.717) is 24.2 Å². The average molecular weight is 284 g/mol. The minimum atomic E-state index is -4.27. The summed E-state index contributed by atoms with van der Waals surface area (Å²) in [5.74, 6) is 2.23. The lowest BCUT2D eigenvalue weighted by Crippen LogP contribution is -2.39. The first kappa shape index (κ1) is 12.7. The summed E-state index contributed by atoms with van der Waals surface area (Å²) in [6, 6.07) is 0. The number of esters is 1. The predicted molar refractivity (Wildman–Crippen MR) is 69.8 cm³/mol. The lowest BCUT2D eigenvalue weighted by Gasteiger charge is -2.38. The van der Waals surface area contributed by atoms with Crippen LogP contribution in [0.25, 0.3) is 0 Å². The molecular weight excluding hydrogens is 265 g/mol. The monoisotopic (exact) mass is 284 g/mol. The van der Waals surface area contributed by atoms with Gasteiger partial charge >= 0.3 is 13.1 Å². The van der Waals surface area contributed by atoms with Gasteiger partial charge in [-0.2, -0.15) is 0 Å². The molecule has 0 saturated heterocycles. The zero-order chi connectivity index (χ0) is 13.9. The zero-order valence-corrected chi connectivity index (χ0v) is 11.6. The Hall–Kier alpha value is -1.07. The van der Waals surface area contributed by atoms with Crippen LogP contribution in [0.2, 0.25) is 0 Å². The molecule has 0 amide bonds. The van der Waals surface area contributed by atoms with Crippen molar-refractivity contribution in [2.24, 2.45) is 23.7 Å². The number of hydrogen-bond acceptors (Lipinski definition) is 2. The zero-order valence-electron chi connectivity index (χ0n) is 11.6. The summed E-state index contributed by atoms with van der Waals surface area (Å²) in [4.78, 5) is 0. The fraction of sp³-hybridized carbons (Fsp3) is 0.786. The largest absolute Gasteiger partial charge is 0.866 e. The van der Waals surface area contributed by atoms with Gasteiger partial charge < -0.3 is 22.4 Å². The summed E-state index contributed by atoms with van der Waals surface area (Å²) < 4.78 is 42.6. The highest BCUT2D eigenvalue weighted by Crippen LogP contribution is 2.54. The molecule has 3 nitrogen and oxygen atoms in total. The third-order valence-electron chi connectivity index (χ3n) is 5.19. The molecule has 6 heteroatoms. The van der Waals surface area contributed by atoms with Crippen LogP contribution < -0.4 is 0 Å². The molecule has 2 saturated carbocycles. The van der Waals surface area contributed by atoms with E-state index in [0.717, 1.165) is 31.3 Å². The molecule has 0 radical (unpaired) electrons. The molecule has 0 aromatic heterocycles. The van der Waals surface area contributed by atoms with Gasteiger partial charge in [-0.1, -0.05) is 0 Å². The van der Waals surface area contributed by atoms with E-state index < -0.39 is 7.11 Å². The molecule has 0 spiro atoms. The Kier molecular flexibility index (Phi) is 2.67. The Morgan fingerprint density at radius 1 is 1.15 bits per heavy atom. The summed E-state index contributed by atoms with van der Waals surface area (Å²) in [6.45, 7) is 2.13. The second kappa shape index (κ2) is 4.21. The molecule has 0 aromatic carbocycles. The summed E-state index contributed by atoms with van der Waals surface area (Å²) in [7, 11) is -4.27. The van der Waals surface area contributed by atoms with E-state index in [1.165, 1.54) is 6.42 Å². The Morgan fingerprint density at radius 3 is 2.45 bits per heavy atom. The Morgan fingerprint density at radius 2 is 1.80 bits per heavy atom. The summed E-state index contributed by atoms with van der Waals surface area (Å²) in [5.41, 5.74) is 0.814. The van der Waals surface area contributed by atoms with Gasteiger partial charge in [-0.3, -0.25) is 0 Å². The predicted octanol–water partition coefficient (Wildman–Crippen LogP) is 3.20. The highest BCUT2D eigenvalue weighted by Gasteiger charge is 2.55. The minimum absolute atomic E-state index is 0.0388. The fourth-order valence-corrected chi connectivity index (χ4v) is 4.75. The molecule has 5 rings (SSSR count). The van der Waals surface area contributed by atoms with Crippen molar-refractivity contribution in [3.8, 4) is 0 Å². The molecule has 110 valence electrons. The topological polar surface area (TPSA) is 29.8 Å². The van der Waals surface area contributed by atoms with Crippen LogP contribution in [0, 0.1) is 23.7 Å². The van der Waals surface area contributed by atoms with Crippen molar-refractivity contribution >= 4 is 13.1 Å². The van der Waals surface area contributed by atoms with Crippen molar-refractivity contribution in [2.75, 3.05) is 6.61 Å². The Labute approximate surface area is 117 Å². The molecule has 20 heavy (non-hydrogen) atoms. The van der Waals surface area contributed by atoms with Crippen molar-refractivity contribution < 1.29 is 22.4 Å². The number of halogens is 2. The first-order valence-corrected chi connectivity index (χ1v) is 7.68. The van der Waals surface area contributed by atoms with Gasteiger partial charge in [-0.05, 0) is 50.9 Å². The molecule has 4 aliphatic carbocycles. The lowest BCUT2D eigenvalue weighted by molar-refractivity contribution is -0.378. The normalized spacial score (nSPS) is 40.9. The molecule has 5 aliphatic rings. The molecule has 0 aromatic rings. The van der Waals surface area contributed by atoms with Gasteiger partial charge in [0.15, 0.2) is 6.61 Å². The maximum Gasteiger partial charge on any atom is 0.866 e. The fourth-order valence-electron chi connectivity index (χ4n) is 4.75. The Balaban J connectivity index is 1.80. The van der Waals surface area contributed by atoms with E-state index in [1.54, 1.807) is 6.92 Å². The number of allylic oxidation sites excluding steroid dienone is 1. The van der Waals surface area contributed by atoms with Crippen LogP contribution in [0.1, 0.15) is 39.0 Å². The van der Waals surface area contributed by atoms with Crippen molar-refractivity contribution in [3.63, 3.8) is 0 Å². The number of rotatable bonds is 1. The lowest BCUT2D eigenvalue weighted by atomic mass is 9.66. The number of carbonyl (C=O) groups excluding carboxylic acids is 1. The highest BCUT2D eigenvalue weighted by atomic mass is 19.3. The summed E-state index contributed by atoms with van der Waals surface area (Å²) >= 11 is 0.